The van der Waals surface area contributed by atoms with Gasteiger partial charge in [-0.25, -0.2) is 9.59 Å². The smallest absolute Gasteiger partial charge is 0.334 e. The number of nitrogens with zero attached hydrogens (tertiary/aromatic N) is 2. The number of aliphatic carboxylic acids is 1. The molecule has 2 aliphatic heterocycles. The molecule has 7 nitrogen and oxygen atoms in total. The van der Waals surface area contributed by atoms with Crippen molar-refractivity contribution >= 4 is 12.0 Å². The van der Waals surface area contributed by atoms with Crippen LogP contribution in [0.5, 0.6) is 0 Å². The maximum absolute atomic E-state index is 12.0. The average molecular weight is 271 g/mol. The average Bonchev–Trinajstić information content (AvgIpc) is 2.59. The van der Waals surface area contributed by atoms with Crippen molar-refractivity contribution < 1.29 is 19.8 Å². The Balaban J connectivity index is 1.85. The Bertz CT molecular complexity index is 363. The van der Waals surface area contributed by atoms with Crippen LogP contribution in [-0.2, 0) is 4.79 Å². The van der Waals surface area contributed by atoms with Gasteiger partial charge in [-0.05, 0) is 26.3 Å². The molecule has 3 atom stereocenters. The van der Waals surface area contributed by atoms with E-state index in [0.717, 1.165) is 12.8 Å². The van der Waals surface area contributed by atoms with E-state index in [2.05, 4.69) is 17.3 Å². The predicted molar refractivity (Wildman–Crippen MR) is 67.8 cm³/mol. The predicted octanol–water partition coefficient (Wildman–Crippen LogP) is -0.690. The summed E-state index contributed by atoms with van der Waals surface area (Å²) >= 11 is 0. The number of carbonyl (C=O) groups is 2. The van der Waals surface area contributed by atoms with Gasteiger partial charge in [0.05, 0.1) is 6.54 Å². The minimum atomic E-state index is -1.55. The lowest BCUT2D eigenvalue weighted by atomic mass is 10.1. The molecular formula is C12H21N3O4. The van der Waals surface area contributed by atoms with Crippen LogP contribution in [0.4, 0.5) is 4.79 Å². The van der Waals surface area contributed by atoms with Crippen LogP contribution in [-0.4, -0.2) is 76.9 Å². The third-order valence-electron chi connectivity index (χ3n) is 4.17. The van der Waals surface area contributed by atoms with Crippen molar-refractivity contribution in [1.82, 2.24) is 15.1 Å². The van der Waals surface area contributed by atoms with Gasteiger partial charge >= 0.3 is 12.0 Å². The van der Waals surface area contributed by atoms with E-state index in [9.17, 15) is 9.59 Å². The maximum atomic E-state index is 12.0. The van der Waals surface area contributed by atoms with E-state index in [1.807, 2.05) is 0 Å². The number of aliphatic hydroxyl groups excluding tert-OH is 1. The van der Waals surface area contributed by atoms with Gasteiger partial charge in [0, 0.05) is 25.2 Å². The van der Waals surface area contributed by atoms with Crippen molar-refractivity contribution in [2.45, 2.75) is 37.5 Å². The summed E-state index contributed by atoms with van der Waals surface area (Å²) in [5.74, 6) is -1.32. The number of hydrogen-bond donors (Lipinski definition) is 3. The third kappa shape index (κ3) is 3.16. The molecule has 0 aromatic heterocycles. The van der Waals surface area contributed by atoms with Crippen LogP contribution in [0.2, 0.25) is 0 Å². The van der Waals surface area contributed by atoms with Gasteiger partial charge in [-0.3, -0.25) is 4.90 Å². The number of fused-ring (bicyclic) bond motifs is 2. The molecule has 2 heterocycles. The number of aliphatic hydroxyl groups is 1. The summed E-state index contributed by atoms with van der Waals surface area (Å²) in [6.07, 6.45) is 1.69. The second-order valence-electron chi connectivity index (χ2n) is 5.33. The van der Waals surface area contributed by atoms with Crippen molar-refractivity contribution in [3.8, 4) is 0 Å². The van der Waals surface area contributed by atoms with Gasteiger partial charge < -0.3 is 20.4 Å². The van der Waals surface area contributed by atoms with Gasteiger partial charge in [0.2, 0.25) is 0 Å². The highest BCUT2D eigenvalue weighted by Crippen LogP contribution is 2.28. The first-order chi connectivity index (χ1) is 8.99. The number of rotatable bonds is 3. The van der Waals surface area contributed by atoms with E-state index >= 15 is 0 Å². The molecule has 2 rings (SSSR count). The molecule has 2 aliphatic rings. The number of hydrogen-bond acceptors (Lipinski definition) is 4. The molecule has 19 heavy (non-hydrogen) atoms. The van der Waals surface area contributed by atoms with Gasteiger partial charge in [0.15, 0.2) is 6.10 Å². The van der Waals surface area contributed by atoms with Crippen LogP contribution in [0, 0.1) is 0 Å². The van der Waals surface area contributed by atoms with Gasteiger partial charge in [0.1, 0.15) is 0 Å². The Labute approximate surface area is 112 Å². The topological polar surface area (TPSA) is 93.1 Å². The summed E-state index contributed by atoms with van der Waals surface area (Å²) in [4.78, 5) is 26.5. The summed E-state index contributed by atoms with van der Waals surface area (Å²) in [5, 5.41) is 20.2. The number of carboxylic acids is 1. The van der Waals surface area contributed by atoms with Crippen LogP contribution >= 0.6 is 0 Å². The summed E-state index contributed by atoms with van der Waals surface area (Å²) in [6, 6.07) is 0.649. The molecule has 0 radical (unpaired) electrons. The molecule has 0 aromatic carbocycles. The lowest BCUT2D eigenvalue weighted by Gasteiger charge is -2.26. The van der Waals surface area contributed by atoms with Crippen LogP contribution in [0.25, 0.3) is 0 Å². The second kappa shape index (κ2) is 5.75. The largest absolute Gasteiger partial charge is 0.479 e. The molecule has 2 saturated heterocycles. The summed E-state index contributed by atoms with van der Waals surface area (Å²) in [7, 11) is 2.10. The van der Waals surface area contributed by atoms with Crippen molar-refractivity contribution in [1.29, 1.82) is 0 Å². The highest BCUT2D eigenvalue weighted by Gasteiger charge is 2.36. The van der Waals surface area contributed by atoms with E-state index in [4.69, 9.17) is 10.2 Å². The van der Waals surface area contributed by atoms with Crippen molar-refractivity contribution in [3.63, 3.8) is 0 Å². The Morgan fingerprint density at radius 3 is 2.68 bits per heavy atom. The summed E-state index contributed by atoms with van der Waals surface area (Å²) in [6.45, 7) is 1.09. The lowest BCUT2D eigenvalue weighted by molar-refractivity contribution is -0.146. The quantitative estimate of drug-likeness (QED) is 0.632. The fraction of sp³-hybridized carbons (Fsp3) is 0.833. The first kappa shape index (κ1) is 14.1. The molecule has 2 fully saturated rings. The zero-order valence-corrected chi connectivity index (χ0v) is 11.1. The van der Waals surface area contributed by atoms with Crippen molar-refractivity contribution in [3.05, 3.63) is 0 Å². The number of carboxylic acid groups (broad SMARTS) is 1. The number of carbonyl (C=O) groups excluding carboxylic acids is 1. The maximum Gasteiger partial charge on any atom is 0.334 e. The minimum Gasteiger partial charge on any atom is -0.479 e. The Morgan fingerprint density at radius 1 is 1.32 bits per heavy atom. The van der Waals surface area contributed by atoms with Gasteiger partial charge in [-0.2, -0.15) is 0 Å². The summed E-state index contributed by atoms with van der Waals surface area (Å²) in [5.41, 5.74) is 0. The number of nitrogens with one attached hydrogen (secondary N) is 1. The Morgan fingerprint density at radius 2 is 2.00 bits per heavy atom. The molecular weight excluding hydrogens is 250 g/mol. The van der Waals surface area contributed by atoms with E-state index < -0.39 is 12.1 Å². The van der Waals surface area contributed by atoms with Gasteiger partial charge in [0.25, 0.3) is 0 Å². The number of likely N-dealkylation sites (tertiary alicyclic amines) is 1. The van der Waals surface area contributed by atoms with Gasteiger partial charge in [-0.1, -0.05) is 0 Å². The lowest BCUT2D eigenvalue weighted by Crippen LogP contribution is -2.47. The molecule has 2 amide bonds. The highest BCUT2D eigenvalue weighted by atomic mass is 16.4. The zero-order chi connectivity index (χ0) is 14.0. The van der Waals surface area contributed by atoms with Crippen LogP contribution in [0.1, 0.15) is 19.3 Å². The van der Waals surface area contributed by atoms with E-state index in [0.29, 0.717) is 25.2 Å². The molecule has 0 saturated carbocycles. The standard InChI is InChI=1S/C12H21N3O4/c1-14-8-2-3-9(14)7-15(5-4-8)12(19)13-6-10(16)11(17)18/h8-10,16H,2-7H2,1H3,(H,13,19)(H,17,18)/t8?,9?,10-/m0/s1. The fourth-order valence-corrected chi connectivity index (χ4v) is 2.88. The van der Waals surface area contributed by atoms with Crippen molar-refractivity contribution in [2.75, 3.05) is 26.7 Å². The highest BCUT2D eigenvalue weighted by molar-refractivity contribution is 5.76. The van der Waals surface area contributed by atoms with E-state index in [1.165, 1.54) is 6.42 Å². The fourth-order valence-electron chi connectivity index (χ4n) is 2.88. The van der Waals surface area contributed by atoms with Gasteiger partial charge in [-0.15, -0.1) is 0 Å². The third-order valence-corrected chi connectivity index (χ3v) is 4.17. The Kier molecular flexibility index (Phi) is 4.26. The number of likely N-dealkylation sites (N-methyl/N-ethyl adjacent to an activating group) is 1. The van der Waals surface area contributed by atoms with E-state index in [-0.39, 0.29) is 12.6 Å². The molecule has 2 bridgehead atoms. The second-order valence-corrected chi connectivity index (χ2v) is 5.33. The Hall–Kier alpha value is -1.34. The molecule has 3 N–H and O–H groups in total. The van der Waals surface area contributed by atoms with Crippen LogP contribution in [0.15, 0.2) is 0 Å². The zero-order valence-electron chi connectivity index (χ0n) is 11.1. The molecule has 108 valence electrons. The molecule has 0 aliphatic carbocycles. The molecule has 7 heteroatoms. The first-order valence-corrected chi connectivity index (χ1v) is 6.64. The molecule has 0 aromatic rings. The van der Waals surface area contributed by atoms with Crippen LogP contribution in [0.3, 0.4) is 0 Å². The normalized spacial score (nSPS) is 28.8. The number of amides is 2. The SMILES string of the molecule is CN1C2CCC1CN(C(=O)NC[C@H](O)C(=O)O)CC2. The molecule has 2 unspecified atom stereocenters. The minimum absolute atomic E-state index is 0.255. The monoisotopic (exact) mass is 271 g/mol. The molecule has 0 spiro atoms. The summed E-state index contributed by atoms with van der Waals surface area (Å²) < 4.78 is 0. The van der Waals surface area contributed by atoms with Crippen molar-refractivity contribution in [2.24, 2.45) is 0 Å². The first-order valence-electron chi connectivity index (χ1n) is 6.64. The number of urea groups is 1. The van der Waals surface area contributed by atoms with Crippen LogP contribution < -0.4 is 5.32 Å². The van der Waals surface area contributed by atoms with E-state index in [1.54, 1.807) is 4.90 Å².